The quantitative estimate of drug-likeness (QED) is 0.323. The number of hydrogen-bond donors (Lipinski definition) is 3. The van der Waals surface area contributed by atoms with Gasteiger partial charge in [-0.1, -0.05) is 75.2 Å². The van der Waals surface area contributed by atoms with Crippen molar-refractivity contribution in [1.29, 1.82) is 0 Å². The molecule has 4 N–H and O–H groups in total. The van der Waals surface area contributed by atoms with Gasteiger partial charge < -0.3 is 25.6 Å². The standard InChI is InChI=1S/C16H21NO4.C15H21NO2/c1-2-5-12(10-17-16(19)20)15(18)21-14-9-8-11-6-3-4-7-13(11)14;1-2-5-12(10-16)15(17)18-14-9-8-11-6-3-4-7-13(11)14/h3-4,6-7,12,14,17H,2,5,8-10H2,1H3,(H,19,20);3-4,6-7,12,14H,2,5,8-10,16H2,1H3. The molecule has 8 nitrogen and oxygen atoms in total. The minimum atomic E-state index is -1.12. The van der Waals surface area contributed by atoms with E-state index in [-0.39, 0.29) is 36.6 Å². The molecule has 4 unspecified atom stereocenters. The third-order valence-corrected chi connectivity index (χ3v) is 7.40. The third kappa shape index (κ3) is 8.55. The van der Waals surface area contributed by atoms with Crippen LogP contribution in [0.25, 0.3) is 0 Å². The molecule has 4 atom stereocenters. The van der Waals surface area contributed by atoms with Crippen molar-refractivity contribution in [1.82, 2.24) is 5.32 Å². The summed E-state index contributed by atoms with van der Waals surface area (Å²) in [6, 6.07) is 16.2. The summed E-state index contributed by atoms with van der Waals surface area (Å²) in [5.41, 5.74) is 10.4. The average molecular weight is 539 g/mol. The maximum Gasteiger partial charge on any atom is 0.404 e. The Kier molecular flexibility index (Phi) is 11.8. The number of hydrogen-bond acceptors (Lipinski definition) is 6. The number of ether oxygens (including phenoxy) is 2. The molecular formula is C31H42N2O6. The molecule has 0 fully saturated rings. The number of benzene rings is 2. The fourth-order valence-electron chi connectivity index (χ4n) is 5.30. The lowest BCUT2D eigenvalue weighted by Crippen LogP contribution is -2.33. The number of esters is 2. The van der Waals surface area contributed by atoms with Crippen LogP contribution in [-0.4, -0.2) is 36.2 Å². The molecule has 2 aromatic rings. The highest BCUT2D eigenvalue weighted by molar-refractivity contribution is 5.74. The van der Waals surface area contributed by atoms with Crippen molar-refractivity contribution in [2.24, 2.45) is 17.6 Å². The Balaban J connectivity index is 0.000000218. The van der Waals surface area contributed by atoms with Crippen molar-refractivity contribution in [2.45, 2.75) is 77.4 Å². The molecule has 0 saturated heterocycles. The number of fused-ring (bicyclic) bond motifs is 2. The number of carboxylic acid groups (broad SMARTS) is 1. The van der Waals surface area contributed by atoms with Crippen LogP contribution in [-0.2, 0) is 31.9 Å². The summed E-state index contributed by atoms with van der Waals surface area (Å²) in [4.78, 5) is 34.9. The van der Waals surface area contributed by atoms with Crippen LogP contribution >= 0.6 is 0 Å². The van der Waals surface area contributed by atoms with E-state index in [1.165, 1.54) is 11.1 Å². The van der Waals surface area contributed by atoms with Crippen LogP contribution in [0, 0.1) is 11.8 Å². The van der Waals surface area contributed by atoms with Gasteiger partial charge in [-0.15, -0.1) is 0 Å². The molecule has 2 aliphatic carbocycles. The predicted octanol–water partition coefficient (Wildman–Crippen LogP) is 5.49. The van der Waals surface area contributed by atoms with E-state index in [0.717, 1.165) is 56.1 Å². The first kappa shape index (κ1) is 30.2. The molecular weight excluding hydrogens is 496 g/mol. The Bertz CT molecular complexity index is 1100. The van der Waals surface area contributed by atoms with E-state index >= 15 is 0 Å². The number of carbonyl (C=O) groups excluding carboxylic acids is 2. The zero-order chi connectivity index (χ0) is 28.2. The predicted molar refractivity (Wildman–Crippen MR) is 149 cm³/mol. The molecule has 39 heavy (non-hydrogen) atoms. The van der Waals surface area contributed by atoms with E-state index in [2.05, 4.69) is 30.4 Å². The lowest BCUT2D eigenvalue weighted by molar-refractivity contribution is -0.155. The summed E-state index contributed by atoms with van der Waals surface area (Å²) >= 11 is 0. The Morgan fingerprint density at radius 2 is 1.31 bits per heavy atom. The monoisotopic (exact) mass is 538 g/mol. The first-order chi connectivity index (χ1) is 18.9. The Morgan fingerprint density at radius 1 is 0.846 bits per heavy atom. The largest absolute Gasteiger partial charge is 0.465 e. The van der Waals surface area contributed by atoms with Gasteiger partial charge in [0, 0.05) is 13.1 Å². The summed E-state index contributed by atoms with van der Waals surface area (Å²) in [5, 5.41) is 10.9. The molecule has 212 valence electrons. The Morgan fingerprint density at radius 3 is 1.77 bits per heavy atom. The second kappa shape index (κ2) is 15.3. The summed E-state index contributed by atoms with van der Waals surface area (Å²) in [6.07, 6.45) is 5.42. The van der Waals surface area contributed by atoms with Crippen molar-refractivity contribution >= 4 is 18.0 Å². The van der Waals surface area contributed by atoms with Gasteiger partial charge in [-0.05, 0) is 60.8 Å². The van der Waals surface area contributed by atoms with Crippen molar-refractivity contribution in [3.05, 3.63) is 70.8 Å². The van der Waals surface area contributed by atoms with Gasteiger partial charge in [0.1, 0.15) is 12.2 Å². The first-order valence-electron chi connectivity index (χ1n) is 14.1. The van der Waals surface area contributed by atoms with Crippen molar-refractivity contribution in [2.75, 3.05) is 13.1 Å². The summed E-state index contributed by atoms with van der Waals surface area (Å²) < 4.78 is 11.2. The number of carbonyl (C=O) groups is 3. The van der Waals surface area contributed by atoms with Gasteiger partial charge in [-0.25, -0.2) is 4.79 Å². The van der Waals surface area contributed by atoms with Gasteiger partial charge in [0.15, 0.2) is 0 Å². The van der Waals surface area contributed by atoms with Crippen molar-refractivity contribution < 1.29 is 29.0 Å². The fraction of sp³-hybridized carbons (Fsp3) is 0.516. The highest BCUT2D eigenvalue weighted by Gasteiger charge is 2.29. The zero-order valence-corrected chi connectivity index (χ0v) is 23.1. The Labute approximate surface area is 231 Å². The van der Waals surface area contributed by atoms with Crippen molar-refractivity contribution in [3.63, 3.8) is 0 Å². The van der Waals surface area contributed by atoms with Crippen LogP contribution in [0.2, 0.25) is 0 Å². The van der Waals surface area contributed by atoms with E-state index < -0.39 is 12.0 Å². The van der Waals surface area contributed by atoms with Crippen LogP contribution in [0.4, 0.5) is 4.79 Å². The maximum atomic E-state index is 12.3. The van der Waals surface area contributed by atoms with E-state index in [1.807, 2.05) is 37.3 Å². The molecule has 0 radical (unpaired) electrons. The van der Waals surface area contributed by atoms with Gasteiger partial charge in [0.2, 0.25) is 0 Å². The van der Waals surface area contributed by atoms with Crippen LogP contribution < -0.4 is 11.1 Å². The van der Waals surface area contributed by atoms with Crippen LogP contribution in [0.3, 0.4) is 0 Å². The number of amides is 1. The summed E-state index contributed by atoms with van der Waals surface area (Å²) in [6.45, 7) is 4.50. The Hall–Kier alpha value is -3.39. The van der Waals surface area contributed by atoms with Gasteiger partial charge in [0.05, 0.1) is 11.8 Å². The SMILES string of the molecule is CCCC(CN)C(=O)OC1CCc2ccccc21.CCCC(CNC(=O)O)C(=O)OC1CCc2ccccc21. The maximum absolute atomic E-state index is 12.3. The van der Waals surface area contributed by atoms with Gasteiger partial charge >= 0.3 is 18.0 Å². The highest BCUT2D eigenvalue weighted by Crippen LogP contribution is 2.35. The number of nitrogens with two attached hydrogens (primary N) is 1. The topological polar surface area (TPSA) is 128 Å². The molecule has 0 heterocycles. The minimum Gasteiger partial charge on any atom is -0.465 e. The molecule has 0 bridgehead atoms. The molecule has 0 spiro atoms. The highest BCUT2D eigenvalue weighted by atomic mass is 16.5. The minimum absolute atomic E-state index is 0.0698. The normalized spacial score (nSPS) is 18.5. The van der Waals surface area contributed by atoms with E-state index in [0.29, 0.717) is 13.0 Å². The first-order valence-corrected chi connectivity index (χ1v) is 14.1. The van der Waals surface area contributed by atoms with Crippen LogP contribution in [0.5, 0.6) is 0 Å². The lowest BCUT2D eigenvalue weighted by atomic mass is 10.0. The van der Waals surface area contributed by atoms with E-state index in [1.54, 1.807) is 0 Å². The summed E-state index contributed by atoms with van der Waals surface area (Å²) in [7, 11) is 0. The van der Waals surface area contributed by atoms with Crippen LogP contribution in [0.15, 0.2) is 48.5 Å². The zero-order valence-electron chi connectivity index (χ0n) is 23.1. The molecule has 0 saturated carbocycles. The molecule has 0 aromatic heterocycles. The van der Waals surface area contributed by atoms with Gasteiger partial charge in [-0.3, -0.25) is 9.59 Å². The van der Waals surface area contributed by atoms with Crippen molar-refractivity contribution in [3.8, 4) is 0 Å². The molecule has 1 amide bonds. The molecule has 8 heteroatoms. The number of nitrogens with one attached hydrogen (secondary N) is 1. The molecule has 2 aromatic carbocycles. The van der Waals surface area contributed by atoms with E-state index in [9.17, 15) is 14.4 Å². The van der Waals surface area contributed by atoms with Gasteiger partial charge in [0.25, 0.3) is 0 Å². The third-order valence-electron chi connectivity index (χ3n) is 7.40. The van der Waals surface area contributed by atoms with Crippen LogP contribution in [0.1, 0.15) is 86.8 Å². The smallest absolute Gasteiger partial charge is 0.404 e. The molecule has 2 aliphatic rings. The fourth-order valence-corrected chi connectivity index (χ4v) is 5.30. The number of rotatable bonds is 11. The lowest BCUT2D eigenvalue weighted by Gasteiger charge is -2.19. The number of aryl methyl sites for hydroxylation is 2. The summed E-state index contributed by atoms with van der Waals surface area (Å²) in [5.74, 6) is -1.02. The second-order valence-electron chi connectivity index (χ2n) is 10.2. The van der Waals surface area contributed by atoms with E-state index in [4.69, 9.17) is 20.3 Å². The average Bonchev–Trinajstić information content (AvgIpc) is 3.54. The second-order valence-corrected chi connectivity index (χ2v) is 10.2. The van der Waals surface area contributed by atoms with Gasteiger partial charge in [-0.2, -0.15) is 0 Å². The molecule has 0 aliphatic heterocycles. The molecule has 4 rings (SSSR count).